The summed E-state index contributed by atoms with van der Waals surface area (Å²) < 4.78 is 5.41. The third-order valence-corrected chi connectivity index (χ3v) is 5.61. The van der Waals surface area contributed by atoms with Crippen molar-refractivity contribution >= 4 is 5.91 Å². The molecule has 0 bridgehead atoms. The number of aliphatic hydroxyl groups excluding tert-OH is 1. The van der Waals surface area contributed by atoms with Crippen LogP contribution in [0.3, 0.4) is 0 Å². The number of aliphatic hydroxyl groups is 1. The predicted octanol–water partition coefficient (Wildman–Crippen LogP) is 1.25. The van der Waals surface area contributed by atoms with E-state index in [1.54, 1.807) is 0 Å². The average molecular weight is 310 g/mol. The normalized spacial score (nSPS) is 32.7. The van der Waals surface area contributed by atoms with Crippen molar-refractivity contribution in [3.05, 3.63) is 0 Å². The summed E-state index contributed by atoms with van der Waals surface area (Å²) in [7, 11) is 0. The molecule has 0 radical (unpaired) electrons. The first-order valence-electron chi connectivity index (χ1n) is 9.04. The molecule has 3 rings (SSSR count). The lowest BCUT2D eigenvalue weighted by Crippen LogP contribution is -2.49. The Balaban J connectivity index is 1.56. The smallest absolute Gasteiger partial charge is 0.225 e. The van der Waals surface area contributed by atoms with Gasteiger partial charge >= 0.3 is 0 Å². The minimum Gasteiger partial charge on any atom is -0.391 e. The number of likely N-dealkylation sites (tertiary alicyclic amines) is 1. The van der Waals surface area contributed by atoms with Crippen molar-refractivity contribution in [3.8, 4) is 0 Å². The highest BCUT2D eigenvalue weighted by molar-refractivity contribution is 5.79. The molecule has 3 aliphatic rings. The fourth-order valence-corrected chi connectivity index (χ4v) is 4.24. The Kier molecular flexibility index (Phi) is 5.71. The number of morpholine rings is 1. The van der Waals surface area contributed by atoms with Crippen molar-refractivity contribution in [2.24, 2.45) is 5.92 Å². The van der Waals surface area contributed by atoms with Crippen LogP contribution in [0.25, 0.3) is 0 Å². The maximum Gasteiger partial charge on any atom is 0.225 e. The Morgan fingerprint density at radius 1 is 0.909 bits per heavy atom. The van der Waals surface area contributed by atoms with Gasteiger partial charge in [-0.25, -0.2) is 0 Å². The van der Waals surface area contributed by atoms with Gasteiger partial charge in [0.1, 0.15) is 0 Å². The third-order valence-electron chi connectivity index (χ3n) is 5.61. The number of amides is 1. The van der Waals surface area contributed by atoms with Gasteiger partial charge in [-0.1, -0.05) is 19.3 Å². The maximum atomic E-state index is 12.7. The van der Waals surface area contributed by atoms with Crippen LogP contribution in [0.5, 0.6) is 0 Å². The number of carbonyl (C=O) groups excluding carboxylic acids is 1. The van der Waals surface area contributed by atoms with Crippen molar-refractivity contribution in [1.29, 1.82) is 0 Å². The Morgan fingerprint density at radius 2 is 1.59 bits per heavy atom. The van der Waals surface area contributed by atoms with Gasteiger partial charge in [-0.3, -0.25) is 9.69 Å². The van der Waals surface area contributed by atoms with Gasteiger partial charge in [-0.2, -0.15) is 0 Å². The molecule has 2 heterocycles. The average Bonchev–Trinajstić information content (AvgIpc) is 2.78. The second kappa shape index (κ2) is 7.75. The van der Waals surface area contributed by atoms with Gasteiger partial charge in [0.15, 0.2) is 0 Å². The number of carbonyl (C=O) groups is 1. The Hall–Kier alpha value is -0.650. The van der Waals surface area contributed by atoms with Gasteiger partial charge in [0.2, 0.25) is 5.91 Å². The van der Waals surface area contributed by atoms with Crippen LogP contribution in [-0.4, -0.2) is 72.4 Å². The molecule has 0 aromatic rings. The molecule has 0 unspecified atom stereocenters. The molecule has 0 spiro atoms. The summed E-state index contributed by atoms with van der Waals surface area (Å²) in [6.45, 7) is 4.84. The molecule has 3 fully saturated rings. The van der Waals surface area contributed by atoms with Gasteiger partial charge in [0.05, 0.1) is 19.3 Å². The SMILES string of the molecule is O=C(C1CCCCC1)N1CC[C@H](O)[C@@H](N2CCOCC2)CC1. The summed E-state index contributed by atoms with van der Waals surface area (Å²) in [6.07, 6.45) is 7.08. The van der Waals surface area contributed by atoms with Gasteiger partial charge in [-0.05, 0) is 25.7 Å². The molecule has 1 amide bonds. The molecule has 0 aromatic heterocycles. The minimum atomic E-state index is -0.317. The number of ether oxygens (including phenoxy) is 1. The fourth-order valence-electron chi connectivity index (χ4n) is 4.24. The van der Waals surface area contributed by atoms with Crippen molar-refractivity contribution in [1.82, 2.24) is 9.80 Å². The lowest BCUT2D eigenvalue weighted by atomic mass is 9.88. The van der Waals surface area contributed by atoms with E-state index in [1.165, 1.54) is 19.3 Å². The molecule has 126 valence electrons. The van der Waals surface area contributed by atoms with E-state index in [2.05, 4.69) is 4.90 Å². The number of rotatable bonds is 2. The summed E-state index contributed by atoms with van der Waals surface area (Å²) in [6, 6.07) is 0.188. The first kappa shape index (κ1) is 16.2. The van der Waals surface area contributed by atoms with E-state index in [9.17, 15) is 9.90 Å². The van der Waals surface area contributed by atoms with E-state index < -0.39 is 0 Å². The number of hydrogen-bond acceptors (Lipinski definition) is 4. The van der Waals surface area contributed by atoms with Gasteiger partial charge in [0, 0.05) is 38.1 Å². The van der Waals surface area contributed by atoms with Crippen LogP contribution in [0.2, 0.25) is 0 Å². The largest absolute Gasteiger partial charge is 0.391 e. The minimum absolute atomic E-state index is 0.188. The van der Waals surface area contributed by atoms with Crippen molar-refractivity contribution in [2.45, 2.75) is 57.1 Å². The van der Waals surface area contributed by atoms with Crippen LogP contribution in [-0.2, 0) is 9.53 Å². The molecule has 22 heavy (non-hydrogen) atoms. The molecule has 2 atom stereocenters. The Labute approximate surface area is 133 Å². The van der Waals surface area contributed by atoms with Crippen LogP contribution in [0.15, 0.2) is 0 Å². The molecule has 5 heteroatoms. The first-order valence-corrected chi connectivity index (χ1v) is 9.04. The van der Waals surface area contributed by atoms with Crippen LogP contribution in [0.4, 0.5) is 0 Å². The zero-order chi connectivity index (χ0) is 15.4. The first-order chi connectivity index (χ1) is 10.8. The standard InChI is InChI=1S/C17H30N2O3/c20-16-7-9-19(17(21)14-4-2-1-3-5-14)8-6-15(16)18-10-12-22-13-11-18/h14-16,20H,1-13H2/t15-,16-/m0/s1. The molecule has 1 aliphatic carbocycles. The van der Waals surface area contributed by atoms with Crippen LogP contribution in [0, 0.1) is 5.92 Å². The highest BCUT2D eigenvalue weighted by Crippen LogP contribution is 2.27. The zero-order valence-electron chi connectivity index (χ0n) is 13.6. The summed E-state index contributed by atoms with van der Waals surface area (Å²) in [5.74, 6) is 0.584. The molecule has 1 saturated carbocycles. The lowest BCUT2D eigenvalue weighted by Gasteiger charge is -2.36. The topological polar surface area (TPSA) is 53.0 Å². The summed E-state index contributed by atoms with van der Waals surface area (Å²) >= 11 is 0. The number of nitrogens with zero attached hydrogens (tertiary/aromatic N) is 2. The van der Waals surface area contributed by atoms with Crippen molar-refractivity contribution < 1.29 is 14.6 Å². The van der Waals surface area contributed by atoms with Gasteiger partial charge in [0.25, 0.3) is 0 Å². The van der Waals surface area contributed by atoms with E-state index >= 15 is 0 Å². The lowest BCUT2D eigenvalue weighted by molar-refractivity contribution is -0.136. The van der Waals surface area contributed by atoms with E-state index in [0.717, 1.165) is 58.7 Å². The molecule has 5 nitrogen and oxygen atoms in total. The molecule has 0 aromatic carbocycles. The molecular formula is C17H30N2O3. The maximum absolute atomic E-state index is 12.7. The fraction of sp³-hybridized carbons (Fsp3) is 0.941. The zero-order valence-corrected chi connectivity index (χ0v) is 13.6. The van der Waals surface area contributed by atoms with Crippen LogP contribution < -0.4 is 0 Å². The quantitative estimate of drug-likeness (QED) is 0.834. The van der Waals surface area contributed by atoms with E-state index in [1.807, 2.05) is 4.90 Å². The van der Waals surface area contributed by atoms with Crippen molar-refractivity contribution in [3.63, 3.8) is 0 Å². The van der Waals surface area contributed by atoms with E-state index in [4.69, 9.17) is 4.74 Å². The summed E-state index contributed by atoms with van der Waals surface area (Å²) in [5, 5.41) is 10.5. The highest BCUT2D eigenvalue weighted by Gasteiger charge is 2.33. The van der Waals surface area contributed by atoms with E-state index in [0.29, 0.717) is 12.3 Å². The van der Waals surface area contributed by atoms with Gasteiger partial charge < -0.3 is 14.7 Å². The summed E-state index contributed by atoms with van der Waals surface area (Å²) in [4.78, 5) is 17.1. The molecular weight excluding hydrogens is 280 g/mol. The highest BCUT2D eigenvalue weighted by atomic mass is 16.5. The molecule has 2 aliphatic heterocycles. The predicted molar refractivity (Wildman–Crippen MR) is 84.6 cm³/mol. The van der Waals surface area contributed by atoms with E-state index in [-0.39, 0.29) is 18.1 Å². The second-order valence-corrected chi connectivity index (χ2v) is 7.02. The summed E-state index contributed by atoms with van der Waals surface area (Å²) in [5.41, 5.74) is 0. The van der Waals surface area contributed by atoms with Crippen LogP contribution in [0.1, 0.15) is 44.9 Å². The Morgan fingerprint density at radius 3 is 2.32 bits per heavy atom. The van der Waals surface area contributed by atoms with Gasteiger partial charge in [-0.15, -0.1) is 0 Å². The third kappa shape index (κ3) is 3.81. The van der Waals surface area contributed by atoms with Crippen LogP contribution >= 0.6 is 0 Å². The Bertz CT molecular complexity index is 365. The molecule has 2 saturated heterocycles. The number of hydrogen-bond donors (Lipinski definition) is 1. The van der Waals surface area contributed by atoms with Crippen molar-refractivity contribution in [2.75, 3.05) is 39.4 Å². The monoisotopic (exact) mass is 310 g/mol. The molecule has 1 N–H and O–H groups in total. The second-order valence-electron chi connectivity index (χ2n) is 7.02.